The molecule has 0 fully saturated rings. The Kier molecular flexibility index (Phi) is 6.70. The van der Waals surface area contributed by atoms with Gasteiger partial charge in [0, 0.05) is 0 Å². The normalized spacial score (nSPS) is 15.1. The zero-order valence-electron chi connectivity index (χ0n) is 9.26. The molecule has 92 valence electrons. The van der Waals surface area contributed by atoms with Crippen molar-refractivity contribution in [1.29, 1.82) is 0 Å². The lowest BCUT2D eigenvalue weighted by Crippen LogP contribution is -2.54. The van der Waals surface area contributed by atoms with Crippen molar-refractivity contribution in [2.24, 2.45) is 5.73 Å². The molecule has 0 aliphatic carbocycles. The van der Waals surface area contributed by atoms with Crippen molar-refractivity contribution in [3.05, 3.63) is 0 Å². The van der Waals surface area contributed by atoms with E-state index in [1.807, 2.05) is 6.92 Å². The van der Waals surface area contributed by atoms with Crippen LogP contribution in [0, 0.1) is 0 Å². The predicted molar refractivity (Wildman–Crippen MR) is 56.0 cm³/mol. The molecule has 0 aliphatic rings. The highest BCUT2D eigenvalue weighted by Gasteiger charge is 2.48. The van der Waals surface area contributed by atoms with Crippen LogP contribution >= 0.6 is 0 Å². The highest BCUT2D eigenvalue weighted by Crippen LogP contribution is 2.18. The number of hydrogen-bond donors (Lipinski definition) is 3. The minimum atomic E-state index is -4.64. The molecule has 0 aromatic rings. The van der Waals surface area contributed by atoms with Crippen molar-refractivity contribution in [2.75, 3.05) is 20.6 Å². The van der Waals surface area contributed by atoms with E-state index in [2.05, 4.69) is 0 Å². The van der Waals surface area contributed by atoms with E-state index in [1.54, 1.807) is 0 Å². The van der Waals surface area contributed by atoms with Crippen LogP contribution in [-0.2, 0) is 14.9 Å². The van der Waals surface area contributed by atoms with Crippen molar-refractivity contribution < 1.29 is 22.9 Å². The molecule has 0 aliphatic heterocycles. The zero-order valence-corrected chi connectivity index (χ0v) is 10.1. The second-order valence-electron chi connectivity index (χ2n) is 3.07. The van der Waals surface area contributed by atoms with Crippen molar-refractivity contribution in [2.45, 2.75) is 18.7 Å². The first kappa shape index (κ1) is 16.7. The fraction of sp³-hybridized carbons (Fsp3) is 0.857. The lowest BCUT2D eigenvalue weighted by molar-refractivity contribution is -0.144. The van der Waals surface area contributed by atoms with Crippen LogP contribution in [0.15, 0.2) is 0 Å². The van der Waals surface area contributed by atoms with Gasteiger partial charge in [0.05, 0.1) is 0 Å². The highest BCUT2D eigenvalue weighted by molar-refractivity contribution is 7.88. The van der Waals surface area contributed by atoms with E-state index in [0.29, 0.717) is 0 Å². The molecule has 4 N–H and O–H groups in total. The van der Waals surface area contributed by atoms with Crippen LogP contribution in [0.5, 0.6) is 0 Å². The van der Waals surface area contributed by atoms with Gasteiger partial charge in [-0.1, -0.05) is 6.92 Å². The van der Waals surface area contributed by atoms with Gasteiger partial charge in [-0.2, -0.15) is 8.42 Å². The van der Waals surface area contributed by atoms with Gasteiger partial charge in [0.25, 0.3) is 10.1 Å². The summed E-state index contributed by atoms with van der Waals surface area (Å²) in [5.74, 6) is -1.62. The topological polar surface area (TPSA) is 121 Å². The molecule has 0 bridgehead atoms. The molecule has 0 saturated heterocycles. The third-order valence-corrected chi connectivity index (χ3v) is 3.30. The molecular weight excluding hydrogens is 224 g/mol. The summed E-state index contributed by atoms with van der Waals surface area (Å²) in [7, 11) is -2.13. The largest absolute Gasteiger partial charge is 0.479 e. The minimum absolute atomic E-state index is 0.750. The maximum Gasteiger partial charge on any atom is 0.342 e. The number of rotatable bonds is 3. The standard InChI is InChI=1S/C5H11NO5S.C2H7N/c1-5(4(7)8,6(2)3)12(9,10)11;1-2-3/h1-3H3,(H,7,8)(H,9,10,11);2-3H2,1H3. The summed E-state index contributed by atoms with van der Waals surface area (Å²) in [6.07, 6.45) is 0. The fourth-order valence-corrected chi connectivity index (χ4v) is 1.21. The van der Waals surface area contributed by atoms with E-state index < -0.39 is 21.0 Å². The maximum atomic E-state index is 10.7. The molecule has 0 rings (SSSR count). The van der Waals surface area contributed by atoms with Crippen LogP contribution < -0.4 is 5.73 Å². The number of carbonyl (C=O) groups is 1. The third-order valence-electron chi connectivity index (χ3n) is 1.75. The molecule has 0 saturated carbocycles. The SMILES string of the molecule is CCN.CN(C)C(C)(C(=O)O)S(=O)(=O)O. The first-order valence-electron chi connectivity index (χ1n) is 4.13. The van der Waals surface area contributed by atoms with Gasteiger partial charge in [0.2, 0.25) is 4.87 Å². The average molecular weight is 242 g/mol. The summed E-state index contributed by atoms with van der Waals surface area (Å²) in [6.45, 7) is 3.56. The summed E-state index contributed by atoms with van der Waals surface area (Å²) < 4.78 is 30.0. The summed E-state index contributed by atoms with van der Waals surface area (Å²) in [5, 5.41) is 8.56. The van der Waals surface area contributed by atoms with Gasteiger partial charge in [0.15, 0.2) is 0 Å². The predicted octanol–water partition coefficient (Wildman–Crippen LogP) is -0.798. The van der Waals surface area contributed by atoms with Gasteiger partial charge in [-0.05, 0) is 27.6 Å². The summed E-state index contributed by atoms with van der Waals surface area (Å²) in [4.78, 5) is 9.15. The Morgan fingerprint density at radius 3 is 1.73 bits per heavy atom. The van der Waals surface area contributed by atoms with Crippen molar-refractivity contribution >= 4 is 16.1 Å². The maximum absolute atomic E-state index is 10.7. The first-order valence-corrected chi connectivity index (χ1v) is 5.57. The molecule has 0 aromatic heterocycles. The van der Waals surface area contributed by atoms with Gasteiger partial charge in [-0.25, -0.2) is 4.79 Å². The summed E-state index contributed by atoms with van der Waals surface area (Å²) in [5.41, 5.74) is 4.85. The number of carboxylic acids is 1. The van der Waals surface area contributed by atoms with Gasteiger partial charge < -0.3 is 10.8 Å². The second-order valence-corrected chi connectivity index (χ2v) is 4.81. The molecular formula is C7H18N2O5S. The van der Waals surface area contributed by atoms with E-state index in [4.69, 9.17) is 15.4 Å². The Hall–Kier alpha value is -0.700. The van der Waals surface area contributed by atoms with Crippen molar-refractivity contribution in [3.8, 4) is 0 Å². The number of carboxylic acid groups (broad SMARTS) is 1. The number of aliphatic carboxylic acids is 1. The summed E-state index contributed by atoms with van der Waals surface area (Å²) in [6, 6.07) is 0. The van der Waals surface area contributed by atoms with E-state index in [9.17, 15) is 13.2 Å². The minimum Gasteiger partial charge on any atom is -0.479 e. The van der Waals surface area contributed by atoms with E-state index in [0.717, 1.165) is 18.4 Å². The molecule has 7 nitrogen and oxygen atoms in total. The Bertz CT molecular complexity index is 301. The molecule has 0 amide bonds. The average Bonchev–Trinajstić information content (AvgIpc) is 2.01. The fourth-order valence-electron chi connectivity index (χ4n) is 0.532. The van der Waals surface area contributed by atoms with E-state index in [1.165, 1.54) is 14.1 Å². The molecule has 8 heteroatoms. The number of likely N-dealkylation sites (N-methyl/N-ethyl adjacent to an activating group) is 1. The Morgan fingerprint density at radius 1 is 1.47 bits per heavy atom. The van der Waals surface area contributed by atoms with Crippen LogP contribution in [0.3, 0.4) is 0 Å². The lowest BCUT2D eigenvalue weighted by Gasteiger charge is -2.28. The highest BCUT2D eigenvalue weighted by atomic mass is 32.2. The van der Waals surface area contributed by atoms with E-state index >= 15 is 0 Å². The van der Waals surface area contributed by atoms with Gasteiger partial charge in [-0.15, -0.1) is 0 Å². The molecule has 1 atom stereocenters. The van der Waals surface area contributed by atoms with Crippen molar-refractivity contribution in [3.63, 3.8) is 0 Å². The molecule has 0 aromatic carbocycles. The van der Waals surface area contributed by atoms with Crippen LogP contribution in [0.2, 0.25) is 0 Å². The second kappa shape index (κ2) is 6.01. The Balaban J connectivity index is 0. The van der Waals surface area contributed by atoms with Gasteiger partial charge in [-0.3, -0.25) is 9.45 Å². The van der Waals surface area contributed by atoms with Gasteiger partial charge >= 0.3 is 5.97 Å². The lowest BCUT2D eigenvalue weighted by atomic mass is 10.3. The molecule has 0 spiro atoms. The first-order chi connectivity index (χ1) is 6.55. The molecule has 15 heavy (non-hydrogen) atoms. The van der Waals surface area contributed by atoms with E-state index in [-0.39, 0.29) is 0 Å². The summed E-state index contributed by atoms with van der Waals surface area (Å²) >= 11 is 0. The Morgan fingerprint density at radius 2 is 1.73 bits per heavy atom. The van der Waals surface area contributed by atoms with Crippen LogP contribution in [0.4, 0.5) is 0 Å². The smallest absolute Gasteiger partial charge is 0.342 e. The number of nitrogens with two attached hydrogens (primary N) is 1. The zero-order chi connectivity index (χ0) is 12.9. The monoisotopic (exact) mass is 242 g/mol. The molecule has 0 heterocycles. The number of hydrogen-bond acceptors (Lipinski definition) is 5. The van der Waals surface area contributed by atoms with Gasteiger partial charge in [0.1, 0.15) is 0 Å². The van der Waals surface area contributed by atoms with Crippen molar-refractivity contribution in [1.82, 2.24) is 4.90 Å². The van der Waals surface area contributed by atoms with Crippen LogP contribution in [0.25, 0.3) is 0 Å². The quantitative estimate of drug-likeness (QED) is 0.554. The number of nitrogens with zero attached hydrogens (tertiary/aromatic N) is 1. The molecule has 0 radical (unpaired) electrons. The Labute approximate surface area is 89.6 Å². The molecule has 1 unspecified atom stereocenters. The van der Waals surface area contributed by atoms with Crippen LogP contribution in [0.1, 0.15) is 13.8 Å². The third kappa shape index (κ3) is 4.12. The van der Waals surface area contributed by atoms with Crippen LogP contribution in [-0.4, -0.2) is 54.5 Å².